The van der Waals surface area contributed by atoms with E-state index in [0.29, 0.717) is 18.0 Å². The van der Waals surface area contributed by atoms with E-state index in [4.69, 9.17) is 9.73 Å². The molecule has 3 nitrogen and oxygen atoms in total. The van der Waals surface area contributed by atoms with E-state index >= 15 is 0 Å². The van der Waals surface area contributed by atoms with Crippen LogP contribution in [-0.2, 0) is 4.74 Å². The number of nitrogens with zero attached hydrogens (tertiary/aromatic N) is 2. The standard InChI is InChI=1S/C27H35N2OP/c1-18-10-6-8-12-22(18)31(23-13-9-7-11-19(23)2)29-21-15-14-20(16-21)25(29)26-28-24(17-30-26)27(3,4)5/h6-13,20-21,24-25H,14-17H2,1-5H3/t20-,21+,24-,25-/m1/s1. The molecule has 0 amide bonds. The number of piperidine rings is 1. The van der Waals surface area contributed by atoms with E-state index in [2.05, 4.69) is 87.8 Å². The van der Waals surface area contributed by atoms with Crippen molar-refractivity contribution >= 4 is 24.6 Å². The maximum Gasteiger partial charge on any atom is 0.202 e. The summed E-state index contributed by atoms with van der Waals surface area (Å²) >= 11 is 0. The van der Waals surface area contributed by atoms with Gasteiger partial charge in [-0.3, -0.25) is 4.67 Å². The SMILES string of the molecule is Cc1ccccc1P(c1ccccc1C)N1[C@H]2CC[C@H](C2)[C@@H]1C1=N[C@@H](C(C)(C)C)CO1. The molecule has 31 heavy (non-hydrogen) atoms. The van der Waals surface area contributed by atoms with Crippen molar-refractivity contribution in [2.45, 2.75) is 72.0 Å². The molecule has 2 aliphatic heterocycles. The number of rotatable bonds is 4. The van der Waals surface area contributed by atoms with Crippen molar-refractivity contribution in [2.75, 3.05) is 6.61 Å². The average Bonchev–Trinajstić information content (AvgIpc) is 3.46. The quantitative estimate of drug-likeness (QED) is 0.606. The zero-order chi connectivity index (χ0) is 21.8. The van der Waals surface area contributed by atoms with Gasteiger partial charge in [0.25, 0.3) is 0 Å². The highest BCUT2D eigenvalue weighted by Gasteiger charge is 2.53. The lowest BCUT2D eigenvalue weighted by Crippen LogP contribution is -2.46. The molecular formula is C27H35N2OP. The van der Waals surface area contributed by atoms with Crippen LogP contribution in [0.15, 0.2) is 53.5 Å². The van der Waals surface area contributed by atoms with Gasteiger partial charge >= 0.3 is 0 Å². The zero-order valence-corrected chi connectivity index (χ0v) is 20.4. The second-order valence-electron chi connectivity index (χ2n) is 10.6. The van der Waals surface area contributed by atoms with E-state index < -0.39 is 8.07 Å². The third-order valence-corrected chi connectivity index (χ3v) is 10.3. The molecule has 2 heterocycles. The third kappa shape index (κ3) is 3.74. The molecule has 1 aliphatic carbocycles. The van der Waals surface area contributed by atoms with Crippen molar-refractivity contribution in [3.05, 3.63) is 59.7 Å². The fourth-order valence-corrected chi connectivity index (χ4v) is 8.64. The Balaban J connectivity index is 1.61. The Kier molecular flexibility index (Phi) is 5.47. The predicted octanol–water partition coefficient (Wildman–Crippen LogP) is 5.35. The van der Waals surface area contributed by atoms with Gasteiger partial charge in [0.2, 0.25) is 5.90 Å². The minimum atomic E-state index is -0.634. The van der Waals surface area contributed by atoms with Crippen molar-refractivity contribution in [1.82, 2.24) is 4.67 Å². The molecule has 2 fully saturated rings. The number of aryl methyl sites for hydroxylation is 2. The number of aliphatic imine (C=N–C) groups is 1. The van der Waals surface area contributed by atoms with E-state index in [1.54, 1.807) is 0 Å². The molecule has 2 aromatic carbocycles. The fraction of sp³-hybridized carbons (Fsp3) is 0.519. The lowest BCUT2D eigenvalue weighted by atomic mass is 9.88. The van der Waals surface area contributed by atoms with Gasteiger partial charge in [0.1, 0.15) is 6.61 Å². The molecular weight excluding hydrogens is 399 g/mol. The molecule has 1 saturated carbocycles. The van der Waals surface area contributed by atoms with Crippen LogP contribution in [0.3, 0.4) is 0 Å². The van der Waals surface area contributed by atoms with Crippen LogP contribution >= 0.6 is 8.07 Å². The normalized spacial score (nSPS) is 28.3. The predicted molar refractivity (Wildman–Crippen MR) is 132 cm³/mol. The van der Waals surface area contributed by atoms with Crippen molar-refractivity contribution in [3.8, 4) is 0 Å². The minimum Gasteiger partial charge on any atom is -0.478 e. The van der Waals surface area contributed by atoms with Gasteiger partial charge in [-0.1, -0.05) is 69.3 Å². The van der Waals surface area contributed by atoms with Crippen molar-refractivity contribution in [2.24, 2.45) is 16.3 Å². The van der Waals surface area contributed by atoms with Crippen molar-refractivity contribution < 1.29 is 4.74 Å². The highest BCUT2D eigenvalue weighted by molar-refractivity contribution is 7.71. The molecule has 1 saturated heterocycles. The summed E-state index contributed by atoms with van der Waals surface area (Å²) in [5.41, 5.74) is 2.92. The fourth-order valence-electron chi connectivity index (χ4n) is 5.54. The first-order chi connectivity index (χ1) is 14.8. The highest BCUT2D eigenvalue weighted by Crippen LogP contribution is 2.55. The summed E-state index contributed by atoms with van der Waals surface area (Å²) in [6.07, 6.45) is 3.89. The van der Waals surface area contributed by atoms with E-state index in [-0.39, 0.29) is 11.5 Å². The van der Waals surface area contributed by atoms with Crippen molar-refractivity contribution in [1.29, 1.82) is 0 Å². The third-order valence-electron chi connectivity index (χ3n) is 7.39. The summed E-state index contributed by atoms with van der Waals surface area (Å²) in [5, 5.41) is 2.96. The van der Waals surface area contributed by atoms with Gasteiger partial charge in [0.15, 0.2) is 0 Å². The highest BCUT2D eigenvalue weighted by atomic mass is 31.1. The molecule has 164 valence electrons. The summed E-state index contributed by atoms with van der Waals surface area (Å²) in [7, 11) is -0.634. The molecule has 0 spiro atoms. The largest absolute Gasteiger partial charge is 0.478 e. The molecule has 4 atom stereocenters. The smallest absolute Gasteiger partial charge is 0.202 e. The first-order valence-corrected chi connectivity index (χ1v) is 13.0. The summed E-state index contributed by atoms with van der Waals surface area (Å²) in [5.74, 6) is 1.68. The molecule has 0 unspecified atom stereocenters. The van der Waals surface area contributed by atoms with Crippen LogP contribution in [0.1, 0.15) is 51.2 Å². The monoisotopic (exact) mass is 434 g/mol. The molecule has 2 bridgehead atoms. The second kappa shape index (κ2) is 8.01. The molecule has 2 aromatic rings. The first-order valence-electron chi connectivity index (χ1n) is 11.7. The van der Waals surface area contributed by atoms with Gasteiger partial charge in [-0.25, -0.2) is 4.99 Å². The van der Waals surface area contributed by atoms with E-state index in [1.807, 2.05) is 0 Å². The van der Waals surface area contributed by atoms with Crippen LogP contribution in [0.5, 0.6) is 0 Å². The Bertz CT molecular complexity index is 949. The summed E-state index contributed by atoms with van der Waals surface area (Å²) in [6.45, 7) is 12.1. The van der Waals surface area contributed by atoms with Crippen LogP contribution < -0.4 is 10.6 Å². The van der Waals surface area contributed by atoms with E-state index in [9.17, 15) is 0 Å². The summed E-state index contributed by atoms with van der Waals surface area (Å²) in [6, 6.07) is 19.2. The topological polar surface area (TPSA) is 24.8 Å². The van der Waals surface area contributed by atoms with Gasteiger partial charge in [0, 0.05) is 14.1 Å². The van der Waals surface area contributed by atoms with Crippen LogP contribution in [-0.4, -0.2) is 35.3 Å². The van der Waals surface area contributed by atoms with Gasteiger partial charge < -0.3 is 4.74 Å². The van der Waals surface area contributed by atoms with Crippen LogP contribution in [0.25, 0.3) is 0 Å². The Morgan fingerprint density at radius 1 is 0.935 bits per heavy atom. The number of benzene rings is 2. The summed E-state index contributed by atoms with van der Waals surface area (Å²) < 4.78 is 9.21. The Morgan fingerprint density at radius 2 is 1.55 bits per heavy atom. The van der Waals surface area contributed by atoms with E-state index in [0.717, 1.165) is 12.5 Å². The molecule has 0 N–H and O–H groups in total. The maximum absolute atomic E-state index is 6.36. The van der Waals surface area contributed by atoms with Gasteiger partial charge in [-0.05, 0) is 66.2 Å². The van der Waals surface area contributed by atoms with Crippen LogP contribution in [0.2, 0.25) is 0 Å². The number of ether oxygens (including phenoxy) is 1. The molecule has 0 aromatic heterocycles. The number of fused-ring (bicyclic) bond motifs is 2. The Labute approximate surface area is 188 Å². The van der Waals surface area contributed by atoms with Crippen LogP contribution in [0.4, 0.5) is 0 Å². The second-order valence-corrected chi connectivity index (χ2v) is 12.6. The molecule has 3 aliphatic rings. The Morgan fingerprint density at radius 3 is 2.10 bits per heavy atom. The average molecular weight is 435 g/mol. The van der Waals surface area contributed by atoms with Gasteiger partial charge in [-0.15, -0.1) is 0 Å². The maximum atomic E-state index is 6.36. The number of hydrogen-bond acceptors (Lipinski definition) is 3. The Hall–Kier alpha value is -1.70. The van der Waals surface area contributed by atoms with E-state index in [1.165, 1.54) is 41.0 Å². The van der Waals surface area contributed by atoms with Gasteiger partial charge in [-0.2, -0.15) is 0 Å². The lowest BCUT2D eigenvalue weighted by molar-refractivity contribution is 0.215. The molecule has 5 rings (SSSR count). The van der Waals surface area contributed by atoms with Crippen molar-refractivity contribution in [3.63, 3.8) is 0 Å². The molecule has 0 radical (unpaired) electrons. The molecule has 4 heteroatoms. The van der Waals surface area contributed by atoms with Crippen LogP contribution in [0, 0.1) is 25.2 Å². The lowest BCUT2D eigenvalue weighted by Gasteiger charge is -2.41. The number of hydrogen-bond donors (Lipinski definition) is 0. The van der Waals surface area contributed by atoms with Gasteiger partial charge in [0.05, 0.1) is 12.1 Å². The summed E-state index contributed by atoms with van der Waals surface area (Å²) in [4.78, 5) is 5.19. The zero-order valence-electron chi connectivity index (χ0n) is 19.5. The first kappa shape index (κ1) is 21.2. The minimum absolute atomic E-state index is 0.140.